The Morgan fingerprint density at radius 2 is 1.82 bits per heavy atom. The number of aromatic nitrogens is 4. The minimum Gasteiger partial charge on any atom is -0.285 e. The molecule has 0 aliphatic rings. The van der Waals surface area contributed by atoms with E-state index in [4.69, 9.17) is 23.2 Å². The molecule has 0 fully saturated rings. The zero-order valence-electron chi connectivity index (χ0n) is 18.2. The minimum absolute atomic E-state index is 0.0274. The van der Waals surface area contributed by atoms with Gasteiger partial charge in [0.15, 0.2) is 0 Å². The van der Waals surface area contributed by atoms with Crippen LogP contribution in [0.4, 0.5) is 13.2 Å². The average molecular weight is 505 g/mol. The van der Waals surface area contributed by atoms with E-state index in [1.807, 2.05) is 6.92 Å². The first-order chi connectivity index (χ1) is 16.0. The van der Waals surface area contributed by atoms with Gasteiger partial charge in [-0.15, -0.1) is 0 Å². The van der Waals surface area contributed by atoms with E-state index < -0.39 is 17.3 Å². The topological polar surface area (TPSA) is 60.7 Å². The lowest BCUT2D eigenvalue weighted by Crippen LogP contribution is -2.19. The van der Waals surface area contributed by atoms with Crippen molar-refractivity contribution < 1.29 is 13.2 Å². The van der Waals surface area contributed by atoms with Crippen molar-refractivity contribution in [3.63, 3.8) is 0 Å². The van der Waals surface area contributed by atoms with Crippen molar-refractivity contribution in [2.45, 2.75) is 26.9 Å². The predicted octanol–water partition coefficient (Wildman–Crippen LogP) is 6.68. The van der Waals surface area contributed by atoms with E-state index in [0.717, 1.165) is 17.8 Å². The van der Waals surface area contributed by atoms with Gasteiger partial charge in [-0.2, -0.15) is 18.3 Å². The Hall–Kier alpha value is -3.23. The Bertz CT molecular complexity index is 1530. The van der Waals surface area contributed by atoms with Gasteiger partial charge >= 0.3 is 6.18 Å². The van der Waals surface area contributed by atoms with Crippen molar-refractivity contribution in [2.75, 3.05) is 0 Å². The van der Waals surface area contributed by atoms with Crippen molar-refractivity contribution in [2.24, 2.45) is 0 Å². The molecule has 0 radical (unpaired) electrons. The molecule has 10 heteroatoms. The van der Waals surface area contributed by atoms with Gasteiger partial charge < -0.3 is 0 Å². The van der Waals surface area contributed by atoms with Crippen LogP contribution in [-0.2, 0) is 6.18 Å². The minimum atomic E-state index is -4.59. The van der Waals surface area contributed by atoms with E-state index in [0.29, 0.717) is 32.5 Å². The number of hydrogen-bond acceptors (Lipinski definition) is 4. The maximum Gasteiger partial charge on any atom is 0.433 e. The first-order valence-corrected chi connectivity index (χ1v) is 10.8. The number of nitrogens with zero attached hydrogens (tertiary/aromatic N) is 4. The third-order valence-electron chi connectivity index (χ3n) is 5.27. The third kappa shape index (κ3) is 4.56. The molecule has 1 aromatic carbocycles. The lowest BCUT2D eigenvalue weighted by atomic mass is 10.1. The van der Waals surface area contributed by atoms with Gasteiger partial charge in [-0.3, -0.25) is 9.78 Å². The molecule has 0 aliphatic carbocycles. The van der Waals surface area contributed by atoms with E-state index in [-0.39, 0.29) is 16.8 Å². The summed E-state index contributed by atoms with van der Waals surface area (Å²) in [5.74, 6) is 0. The maximum absolute atomic E-state index is 13.3. The summed E-state index contributed by atoms with van der Waals surface area (Å²) in [5.41, 5.74) is 1.73. The highest BCUT2D eigenvalue weighted by Gasteiger charge is 2.32. The molecule has 0 bridgehead atoms. The summed E-state index contributed by atoms with van der Waals surface area (Å²) in [5, 5.41) is 5.26. The summed E-state index contributed by atoms with van der Waals surface area (Å²) in [6, 6.07) is 8.97. The number of aryl methyl sites for hydroxylation is 2. The highest BCUT2D eigenvalue weighted by Crippen LogP contribution is 2.29. The summed E-state index contributed by atoms with van der Waals surface area (Å²) >= 11 is 12.5. The molecule has 5 nitrogen and oxygen atoms in total. The van der Waals surface area contributed by atoms with E-state index >= 15 is 0 Å². The van der Waals surface area contributed by atoms with Gasteiger partial charge in [-0.25, -0.2) is 9.67 Å². The number of pyridine rings is 2. The van der Waals surface area contributed by atoms with Crippen LogP contribution >= 0.6 is 23.2 Å². The van der Waals surface area contributed by atoms with Gasteiger partial charge in [0.25, 0.3) is 0 Å². The number of alkyl halides is 3. The number of allylic oxidation sites excluding steroid dienone is 1. The lowest BCUT2D eigenvalue weighted by Gasteiger charge is -2.15. The molecule has 3 heterocycles. The number of rotatable bonds is 3. The molecule has 0 spiro atoms. The van der Waals surface area contributed by atoms with Crippen molar-refractivity contribution in [3.8, 4) is 5.69 Å². The molecule has 4 rings (SSSR count). The van der Waals surface area contributed by atoms with Crippen LogP contribution < -0.4 is 5.43 Å². The summed E-state index contributed by atoms with van der Waals surface area (Å²) in [6.07, 6.45) is -2.08. The SMILES string of the molecule is C/C(=C\c1ccnc(C(F)(F)F)c1)c1nn(-c2ccc(Cl)cc2Cl)c2cc(C)c(C)nc2c1=O. The van der Waals surface area contributed by atoms with Gasteiger partial charge in [-0.05, 0) is 79.9 Å². The molecule has 174 valence electrons. The highest BCUT2D eigenvalue weighted by molar-refractivity contribution is 6.35. The standard InChI is InChI=1S/C24H17Cl2F3N4O/c1-12-9-19-22(31-14(12)3)23(34)21(32-33(19)18-5-4-16(25)11-17(18)26)13(2)8-15-6-7-30-20(10-15)24(27,28)29/h4-11H,1-3H3/b13-8+. The number of halogens is 5. The zero-order chi connectivity index (χ0) is 24.8. The van der Waals surface area contributed by atoms with Crippen LogP contribution in [0.2, 0.25) is 10.0 Å². The Morgan fingerprint density at radius 3 is 2.50 bits per heavy atom. The summed E-state index contributed by atoms with van der Waals surface area (Å²) in [4.78, 5) is 21.2. The van der Waals surface area contributed by atoms with Crippen molar-refractivity contribution in [1.82, 2.24) is 19.7 Å². The molecule has 0 amide bonds. The van der Waals surface area contributed by atoms with E-state index in [2.05, 4.69) is 15.1 Å². The lowest BCUT2D eigenvalue weighted by molar-refractivity contribution is -0.141. The fraction of sp³-hybridized carbons (Fsp3) is 0.167. The molecule has 0 atom stereocenters. The molecule has 4 aromatic rings. The molecule has 0 unspecified atom stereocenters. The van der Waals surface area contributed by atoms with Crippen LogP contribution in [0.25, 0.3) is 28.4 Å². The summed E-state index contributed by atoms with van der Waals surface area (Å²) < 4.78 is 40.7. The molecule has 0 N–H and O–H groups in total. The van der Waals surface area contributed by atoms with Crippen molar-refractivity contribution in [3.05, 3.63) is 91.1 Å². The second kappa shape index (κ2) is 8.85. The molecule has 3 aromatic heterocycles. The second-order valence-electron chi connectivity index (χ2n) is 7.74. The van der Waals surface area contributed by atoms with Crippen LogP contribution in [0.1, 0.15) is 35.1 Å². The normalized spacial score (nSPS) is 12.4. The largest absolute Gasteiger partial charge is 0.433 e. The van der Waals surface area contributed by atoms with Crippen LogP contribution in [0.15, 0.2) is 47.4 Å². The fourth-order valence-corrected chi connectivity index (χ4v) is 3.92. The monoisotopic (exact) mass is 504 g/mol. The molecule has 0 saturated carbocycles. The van der Waals surface area contributed by atoms with Crippen LogP contribution in [0.5, 0.6) is 0 Å². The number of benzene rings is 1. The van der Waals surface area contributed by atoms with Crippen molar-refractivity contribution >= 4 is 45.9 Å². The van der Waals surface area contributed by atoms with E-state index in [9.17, 15) is 18.0 Å². The van der Waals surface area contributed by atoms with Crippen LogP contribution in [0.3, 0.4) is 0 Å². The smallest absolute Gasteiger partial charge is 0.285 e. The third-order valence-corrected chi connectivity index (χ3v) is 5.81. The Balaban J connectivity index is 1.98. The molecular formula is C24H17Cl2F3N4O. The van der Waals surface area contributed by atoms with E-state index in [1.165, 1.54) is 16.8 Å². The van der Waals surface area contributed by atoms with Gasteiger partial charge in [0, 0.05) is 16.9 Å². The van der Waals surface area contributed by atoms with Gasteiger partial charge in [0.2, 0.25) is 5.43 Å². The second-order valence-corrected chi connectivity index (χ2v) is 8.59. The first kappa shape index (κ1) is 23.9. The molecule has 34 heavy (non-hydrogen) atoms. The van der Waals surface area contributed by atoms with E-state index in [1.54, 1.807) is 38.1 Å². The quantitative estimate of drug-likeness (QED) is 0.312. The van der Waals surface area contributed by atoms with Crippen LogP contribution in [0, 0.1) is 13.8 Å². The Morgan fingerprint density at radius 1 is 1.09 bits per heavy atom. The molecular weight excluding hydrogens is 488 g/mol. The average Bonchev–Trinajstić information content (AvgIpc) is 2.75. The predicted molar refractivity (Wildman–Crippen MR) is 127 cm³/mol. The van der Waals surface area contributed by atoms with Crippen molar-refractivity contribution in [1.29, 1.82) is 0 Å². The Labute approximate surface area is 202 Å². The number of hydrogen-bond donors (Lipinski definition) is 0. The zero-order valence-corrected chi connectivity index (χ0v) is 19.7. The number of fused-ring (bicyclic) bond motifs is 1. The summed E-state index contributed by atoms with van der Waals surface area (Å²) in [7, 11) is 0. The van der Waals surface area contributed by atoms with Gasteiger partial charge in [-0.1, -0.05) is 23.2 Å². The molecule has 0 aliphatic heterocycles. The maximum atomic E-state index is 13.3. The van der Waals surface area contributed by atoms with Gasteiger partial charge in [0.1, 0.15) is 16.9 Å². The van der Waals surface area contributed by atoms with Crippen LogP contribution in [-0.4, -0.2) is 19.7 Å². The summed E-state index contributed by atoms with van der Waals surface area (Å²) in [6.45, 7) is 5.24. The fourth-order valence-electron chi connectivity index (χ4n) is 3.44. The Kier molecular flexibility index (Phi) is 6.22. The van der Waals surface area contributed by atoms with Gasteiger partial charge in [0.05, 0.1) is 16.2 Å². The highest BCUT2D eigenvalue weighted by atomic mass is 35.5. The molecule has 0 saturated heterocycles. The first-order valence-electron chi connectivity index (χ1n) is 10.0.